The molecule has 1 rings (SSSR count). The van der Waals surface area contributed by atoms with Gasteiger partial charge in [-0.25, -0.2) is 0 Å². The lowest BCUT2D eigenvalue weighted by molar-refractivity contribution is -0.141. The summed E-state index contributed by atoms with van der Waals surface area (Å²) in [6.45, 7) is 2.01. The SMILES string of the molecule is COCN1CCC(C(=O)O)C1. The fraction of sp³-hybridized carbons (Fsp3) is 0.857. The summed E-state index contributed by atoms with van der Waals surface area (Å²) >= 11 is 0. The summed E-state index contributed by atoms with van der Waals surface area (Å²) in [4.78, 5) is 12.5. The van der Waals surface area contributed by atoms with Gasteiger partial charge < -0.3 is 9.84 Å². The number of carboxylic acids is 1. The van der Waals surface area contributed by atoms with Crippen LogP contribution in [0.25, 0.3) is 0 Å². The van der Waals surface area contributed by atoms with Crippen molar-refractivity contribution >= 4 is 5.97 Å². The quantitative estimate of drug-likeness (QED) is 0.629. The first-order chi connectivity index (χ1) is 5.24. The van der Waals surface area contributed by atoms with Crippen molar-refractivity contribution in [3.05, 3.63) is 0 Å². The Morgan fingerprint density at radius 2 is 2.55 bits per heavy atom. The molecule has 1 unspecified atom stereocenters. The molecule has 1 atom stereocenters. The number of ether oxygens (including phenoxy) is 1. The average molecular weight is 159 g/mol. The van der Waals surface area contributed by atoms with E-state index in [9.17, 15) is 4.79 Å². The molecule has 0 aromatic rings. The molecular formula is C7H13NO3. The largest absolute Gasteiger partial charge is 0.481 e. The molecule has 1 saturated heterocycles. The Labute approximate surface area is 65.8 Å². The Kier molecular flexibility index (Phi) is 2.84. The van der Waals surface area contributed by atoms with Crippen LogP contribution in [0.15, 0.2) is 0 Å². The molecule has 1 N–H and O–H groups in total. The molecule has 0 amide bonds. The summed E-state index contributed by atoms with van der Waals surface area (Å²) in [5, 5.41) is 8.63. The minimum Gasteiger partial charge on any atom is -0.481 e. The van der Waals surface area contributed by atoms with Crippen LogP contribution in [0, 0.1) is 5.92 Å². The topological polar surface area (TPSA) is 49.8 Å². The monoisotopic (exact) mass is 159 g/mol. The van der Waals surface area contributed by atoms with Crippen LogP contribution < -0.4 is 0 Å². The van der Waals surface area contributed by atoms with Gasteiger partial charge in [-0.2, -0.15) is 0 Å². The van der Waals surface area contributed by atoms with Gasteiger partial charge in [0.2, 0.25) is 0 Å². The molecular weight excluding hydrogens is 146 g/mol. The number of hydrogen-bond acceptors (Lipinski definition) is 3. The molecule has 0 spiro atoms. The van der Waals surface area contributed by atoms with Crippen LogP contribution >= 0.6 is 0 Å². The Balaban J connectivity index is 2.29. The first-order valence-corrected chi connectivity index (χ1v) is 3.68. The molecule has 0 aromatic heterocycles. The zero-order valence-electron chi connectivity index (χ0n) is 6.62. The Hall–Kier alpha value is -0.610. The van der Waals surface area contributed by atoms with E-state index in [0.29, 0.717) is 13.3 Å². The predicted molar refractivity (Wildman–Crippen MR) is 39.2 cm³/mol. The third kappa shape index (κ3) is 2.17. The number of carboxylic acid groups (broad SMARTS) is 1. The minimum absolute atomic E-state index is 0.190. The van der Waals surface area contributed by atoms with E-state index >= 15 is 0 Å². The van der Waals surface area contributed by atoms with E-state index < -0.39 is 5.97 Å². The van der Waals surface area contributed by atoms with Crippen LogP contribution in [0.1, 0.15) is 6.42 Å². The first-order valence-electron chi connectivity index (χ1n) is 3.68. The lowest BCUT2D eigenvalue weighted by atomic mass is 10.1. The second-order valence-corrected chi connectivity index (χ2v) is 2.82. The van der Waals surface area contributed by atoms with E-state index in [1.54, 1.807) is 7.11 Å². The van der Waals surface area contributed by atoms with Gasteiger partial charge >= 0.3 is 5.97 Å². The smallest absolute Gasteiger partial charge is 0.307 e. The van der Waals surface area contributed by atoms with Gasteiger partial charge in [-0.3, -0.25) is 9.69 Å². The van der Waals surface area contributed by atoms with Crippen molar-refractivity contribution in [3.8, 4) is 0 Å². The Morgan fingerprint density at radius 3 is 3.00 bits per heavy atom. The van der Waals surface area contributed by atoms with Gasteiger partial charge in [0.15, 0.2) is 0 Å². The maximum Gasteiger partial charge on any atom is 0.307 e. The summed E-state index contributed by atoms with van der Waals surface area (Å²) < 4.78 is 4.89. The molecule has 4 nitrogen and oxygen atoms in total. The number of carbonyl (C=O) groups is 1. The number of likely N-dealkylation sites (tertiary alicyclic amines) is 1. The Bertz CT molecular complexity index is 149. The van der Waals surface area contributed by atoms with Gasteiger partial charge in [0.05, 0.1) is 12.6 Å². The Morgan fingerprint density at radius 1 is 1.82 bits per heavy atom. The number of nitrogens with zero attached hydrogens (tertiary/aromatic N) is 1. The van der Waals surface area contributed by atoms with Crippen LogP contribution in [-0.2, 0) is 9.53 Å². The number of rotatable bonds is 3. The van der Waals surface area contributed by atoms with Crippen molar-refractivity contribution in [1.29, 1.82) is 0 Å². The normalized spacial score (nSPS) is 25.7. The second-order valence-electron chi connectivity index (χ2n) is 2.82. The fourth-order valence-electron chi connectivity index (χ4n) is 1.33. The van der Waals surface area contributed by atoms with Crippen molar-refractivity contribution in [2.45, 2.75) is 6.42 Å². The van der Waals surface area contributed by atoms with Gasteiger partial charge in [-0.15, -0.1) is 0 Å². The van der Waals surface area contributed by atoms with Crippen LogP contribution in [0.3, 0.4) is 0 Å². The first kappa shape index (κ1) is 8.49. The van der Waals surface area contributed by atoms with E-state index in [2.05, 4.69) is 0 Å². The van der Waals surface area contributed by atoms with Crippen LogP contribution in [-0.4, -0.2) is 42.9 Å². The molecule has 1 fully saturated rings. The van der Waals surface area contributed by atoms with Gasteiger partial charge in [0.25, 0.3) is 0 Å². The minimum atomic E-state index is -0.691. The van der Waals surface area contributed by atoms with Crippen molar-refractivity contribution < 1.29 is 14.6 Å². The molecule has 64 valence electrons. The van der Waals surface area contributed by atoms with Crippen molar-refractivity contribution in [3.63, 3.8) is 0 Å². The highest BCUT2D eigenvalue weighted by molar-refractivity contribution is 5.70. The molecule has 0 aliphatic carbocycles. The molecule has 0 aromatic carbocycles. The highest BCUT2D eigenvalue weighted by atomic mass is 16.5. The summed E-state index contributed by atoms with van der Waals surface area (Å²) in [6.07, 6.45) is 0.749. The summed E-state index contributed by atoms with van der Waals surface area (Å²) in [5.41, 5.74) is 0. The van der Waals surface area contributed by atoms with Crippen LogP contribution in [0.2, 0.25) is 0 Å². The average Bonchev–Trinajstić information content (AvgIpc) is 2.37. The van der Waals surface area contributed by atoms with Crippen molar-refractivity contribution in [1.82, 2.24) is 4.90 Å². The van der Waals surface area contributed by atoms with Gasteiger partial charge in [0.1, 0.15) is 0 Å². The van der Waals surface area contributed by atoms with Gasteiger partial charge in [-0.1, -0.05) is 0 Å². The highest BCUT2D eigenvalue weighted by Gasteiger charge is 2.27. The molecule has 0 bridgehead atoms. The van der Waals surface area contributed by atoms with E-state index in [1.165, 1.54) is 0 Å². The number of aliphatic carboxylic acids is 1. The van der Waals surface area contributed by atoms with Crippen molar-refractivity contribution in [2.75, 3.05) is 26.9 Å². The highest BCUT2D eigenvalue weighted by Crippen LogP contribution is 2.15. The van der Waals surface area contributed by atoms with E-state index in [4.69, 9.17) is 9.84 Å². The maximum atomic E-state index is 10.5. The van der Waals surface area contributed by atoms with Gasteiger partial charge in [-0.05, 0) is 6.42 Å². The summed E-state index contributed by atoms with van der Waals surface area (Å²) in [6, 6.07) is 0. The lowest BCUT2D eigenvalue weighted by Crippen LogP contribution is -2.24. The summed E-state index contributed by atoms with van der Waals surface area (Å²) in [5.74, 6) is -0.881. The second kappa shape index (κ2) is 3.69. The summed E-state index contributed by atoms with van der Waals surface area (Å²) in [7, 11) is 1.62. The van der Waals surface area contributed by atoms with Crippen LogP contribution in [0.4, 0.5) is 0 Å². The van der Waals surface area contributed by atoms with E-state index in [1.807, 2.05) is 4.90 Å². The molecule has 0 radical (unpaired) electrons. The standard InChI is InChI=1S/C7H13NO3/c1-11-5-8-3-2-6(4-8)7(9)10/h6H,2-5H2,1H3,(H,9,10). The van der Waals surface area contributed by atoms with E-state index in [-0.39, 0.29) is 5.92 Å². The predicted octanol–water partition coefficient (Wildman–Crippen LogP) is -0.00320. The molecule has 11 heavy (non-hydrogen) atoms. The molecule has 1 heterocycles. The lowest BCUT2D eigenvalue weighted by Gasteiger charge is -2.12. The van der Waals surface area contributed by atoms with Gasteiger partial charge in [0, 0.05) is 20.2 Å². The third-order valence-electron chi connectivity index (χ3n) is 1.93. The molecule has 0 saturated carbocycles. The number of hydrogen-bond donors (Lipinski definition) is 1. The zero-order chi connectivity index (χ0) is 8.27. The molecule has 4 heteroatoms. The molecule has 1 aliphatic heterocycles. The zero-order valence-corrected chi connectivity index (χ0v) is 6.62. The molecule has 1 aliphatic rings. The van der Waals surface area contributed by atoms with Crippen LogP contribution in [0.5, 0.6) is 0 Å². The maximum absolute atomic E-state index is 10.5. The number of methoxy groups -OCH3 is 1. The van der Waals surface area contributed by atoms with E-state index in [0.717, 1.165) is 13.0 Å². The van der Waals surface area contributed by atoms with Crippen molar-refractivity contribution in [2.24, 2.45) is 5.92 Å². The fourth-order valence-corrected chi connectivity index (χ4v) is 1.33. The third-order valence-corrected chi connectivity index (χ3v) is 1.93.